The van der Waals surface area contributed by atoms with E-state index >= 15 is 0 Å². The van der Waals surface area contributed by atoms with Crippen molar-refractivity contribution in [3.63, 3.8) is 0 Å². The molecule has 0 heterocycles. The third kappa shape index (κ3) is 10.6. The van der Waals surface area contributed by atoms with Gasteiger partial charge in [0.2, 0.25) is 0 Å². The molecule has 0 saturated heterocycles. The van der Waals surface area contributed by atoms with Crippen LogP contribution in [0.5, 0.6) is 0 Å². The van der Waals surface area contributed by atoms with Gasteiger partial charge in [0.15, 0.2) is 0 Å². The van der Waals surface area contributed by atoms with Crippen LogP contribution < -0.4 is 0 Å². The SMILES string of the molecule is COC(C)(C)CCCC(C)CC=CC=C(C)C(=O)OC(C)C. The lowest BCUT2D eigenvalue weighted by atomic mass is 9.95. The van der Waals surface area contributed by atoms with Crippen LogP contribution in [0.4, 0.5) is 0 Å². The highest BCUT2D eigenvalue weighted by Gasteiger charge is 2.15. The lowest BCUT2D eigenvalue weighted by Gasteiger charge is -2.23. The van der Waals surface area contributed by atoms with Crippen molar-refractivity contribution >= 4 is 5.97 Å². The summed E-state index contributed by atoms with van der Waals surface area (Å²) in [6, 6.07) is 0. The van der Waals surface area contributed by atoms with Crippen LogP contribution in [0.25, 0.3) is 0 Å². The van der Waals surface area contributed by atoms with Crippen molar-refractivity contribution in [2.75, 3.05) is 7.11 Å². The second kappa shape index (κ2) is 10.6. The second-order valence-corrected chi connectivity index (χ2v) is 6.93. The lowest BCUT2D eigenvalue weighted by Crippen LogP contribution is -2.22. The minimum absolute atomic E-state index is 0.0216. The zero-order valence-electron chi connectivity index (χ0n) is 15.4. The molecule has 1 unspecified atom stereocenters. The summed E-state index contributed by atoms with van der Waals surface area (Å²) in [7, 11) is 1.77. The number of carbonyl (C=O) groups excluding carboxylic acids is 1. The first-order valence-corrected chi connectivity index (χ1v) is 8.27. The third-order valence-electron chi connectivity index (χ3n) is 3.71. The number of hydrogen-bond donors (Lipinski definition) is 0. The molecular weight excluding hydrogens is 276 g/mol. The number of carbonyl (C=O) groups is 1. The Balaban J connectivity index is 4.04. The van der Waals surface area contributed by atoms with E-state index in [4.69, 9.17) is 9.47 Å². The molecule has 128 valence electrons. The van der Waals surface area contributed by atoms with Crippen LogP contribution in [0, 0.1) is 5.92 Å². The average molecular weight is 310 g/mol. The van der Waals surface area contributed by atoms with Gasteiger partial charge in [-0.15, -0.1) is 0 Å². The molecule has 1 atom stereocenters. The molecule has 22 heavy (non-hydrogen) atoms. The van der Waals surface area contributed by atoms with Crippen molar-refractivity contribution in [1.82, 2.24) is 0 Å². The average Bonchev–Trinajstić information content (AvgIpc) is 2.42. The smallest absolute Gasteiger partial charge is 0.333 e. The first kappa shape index (κ1) is 20.9. The molecule has 0 aromatic heterocycles. The predicted molar refractivity (Wildman–Crippen MR) is 92.8 cm³/mol. The Labute approximate surface area is 136 Å². The van der Waals surface area contributed by atoms with E-state index < -0.39 is 0 Å². The zero-order chi connectivity index (χ0) is 17.2. The van der Waals surface area contributed by atoms with E-state index in [9.17, 15) is 4.79 Å². The summed E-state index contributed by atoms with van der Waals surface area (Å²) in [5.74, 6) is 0.398. The zero-order valence-corrected chi connectivity index (χ0v) is 15.4. The second-order valence-electron chi connectivity index (χ2n) is 6.93. The molecule has 0 saturated carbocycles. The maximum absolute atomic E-state index is 11.6. The molecular formula is C19H34O3. The summed E-state index contributed by atoms with van der Waals surface area (Å²) >= 11 is 0. The number of esters is 1. The van der Waals surface area contributed by atoms with Crippen LogP contribution in [0.2, 0.25) is 0 Å². The third-order valence-corrected chi connectivity index (χ3v) is 3.71. The number of rotatable bonds is 10. The van der Waals surface area contributed by atoms with Gasteiger partial charge in [0.25, 0.3) is 0 Å². The minimum Gasteiger partial charge on any atom is -0.460 e. The van der Waals surface area contributed by atoms with Gasteiger partial charge in [-0.3, -0.25) is 0 Å². The Morgan fingerprint density at radius 2 is 1.86 bits per heavy atom. The molecule has 0 aliphatic heterocycles. The normalized spacial score (nSPS) is 14.6. The Bertz CT molecular complexity index is 378. The van der Waals surface area contributed by atoms with Crippen molar-refractivity contribution in [2.24, 2.45) is 5.92 Å². The molecule has 3 nitrogen and oxygen atoms in total. The monoisotopic (exact) mass is 310 g/mol. The van der Waals surface area contributed by atoms with E-state index in [-0.39, 0.29) is 17.7 Å². The lowest BCUT2D eigenvalue weighted by molar-refractivity contribution is -0.142. The van der Waals surface area contributed by atoms with E-state index in [0.29, 0.717) is 11.5 Å². The van der Waals surface area contributed by atoms with Crippen molar-refractivity contribution < 1.29 is 14.3 Å². The first-order valence-electron chi connectivity index (χ1n) is 8.27. The van der Waals surface area contributed by atoms with Gasteiger partial charge in [-0.2, -0.15) is 0 Å². The number of ether oxygens (including phenoxy) is 2. The first-order chi connectivity index (χ1) is 10.2. The molecule has 0 rings (SSSR count). The highest BCUT2D eigenvalue weighted by molar-refractivity contribution is 5.88. The fourth-order valence-electron chi connectivity index (χ4n) is 1.99. The van der Waals surface area contributed by atoms with Crippen molar-refractivity contribution in [2.45, 2.75) is 78.9 Å². The van der Waals surface area contributed by atoms with Crippen LogP contribution >= 0.6 is 0 Å². The summed E-state index contributed by atoms with van der Waals surface area (Å²) in [4.78, 5) is 11.6. The van der Waals surface area contributed by atoms with Crippen LogP contribution in [0.15, 0.2) is 23.8 Å². The molecule has 0 aromatic carbocycles. The van der Waals surface area contributed by atoms with Crippen LogP contribution in [-0.4, -0.2) is 24.8 Å². The summed E-state index contributed by atoms with van der Waals surface area (Å²) in [5.41, 5.74) is 0.617. The largest absolute Gasteiger partial charge is 0.460 e. The molecule has 0 radical (unpaired) electrons. The van der Waals surface area contributed by atoms with Crippen molar-refractivity contribution in [1.29, 1.82) is 0 Å². The molecule has 0 amide bonds. The topological polar surface area (TPSA) is 35.5 Å². The number of hydrogen-bond acceptors (Lipinski definition) is 3. The summed E-state index contributed by atoms with van der Waals surface area (Å²) < 4.78 is 10.6. The van der Waals surface area contributed by atoms with Gasteiger partial charge in [-0.25, -0.2) is 4.79 Å². The van der Waals surface area contributed by atoms with E-state index in [0.717, 1.165) is 12.8 Å². The van der Waals surface area contributed by atoms with Gasteiger partial charge < -0.3 is 9.47 Å². The van der Waals surface area contributed by atoms with E-state index in [2.05, 4.69) is 26.8 Å². The Hall–Kier alpha value is -1.09. The van der Waals surface area contributed by atoms with Crippen LogP contribution in [0.3, 0.4) is 0 Å². The predicted octanol–water partition coefficient (Wildman–Crippen LogP) is 5.06. The van der Waals surface area contributed by atoms with Crippen LogP contribution in [-0.2, 0) is 14.3 Å². The summed E-state index contributed by atoms with van der Waals surface area (Å²) in [6.45, 7) is 12.0. The van der Waals surface area contributed by atoms with Crippen molar-refractivity contribution in [3.05, 3.63) is 23.8 Å². The van der Waals surface area contributed by atoms with Gasteiger partial charge in [-0.05, 0) is 53.4 Å². The fraction of sp³-hybridized carbons (Fsp3) is 0.737. The Kier molecular flexibility index (Phi) is 10.1. The summed E-state index contributed by atoms with van der Waals surface area (Å²) in [6.07, 6.45) is 10.3. The van der Waals surface area contributed by atoms with Gasteiger partial charge in [0, 0.05) is 12.7 Å². The van der Waals surface area contributed by atoms with Gasteiger partial charge in [0.05, 0.1) is 11.7 Å². The Morgan fingerprint density at radius 3 is 2.41 bits per heavy atom. The highest BCUT2D eigenvalue weighted by atomic mass is 16.5. The molecule has 0 spiro atoms. The maximum atomic E-state index is 11.6. The molecule has 0 aromatic rings. The van der Waals surface area contributed by atoms with Crippen LogP contribution in [0.1, 0.15) is 67.2 Å². The molecule has 0 aliphatic rings. The van der Waals surface area contributed by atoms with Gasteiger partial charge in [0.1, 0.15) is 0 Å². The quantitative estimate of drug-likeness (QED) is 0.321. The maximum Gasteiger partial charge on any atom is 0.333 e. The van der Waals surface area contributed by atoms with Gasteiger partial charge in [-0.1, -0.05) is 38.0 Å². The Morgan fingerprint density at radius 1 is 1.23 bits per heavy atom. The summed E-state index contributed by atoms with van der Waals surface area (Å²) in [5, 5.41) is 0. The highest BCUT2D eigenvalue weighted by Crippen LogP contribution is 2.20. The fourth-order valence-corrected chi connectivity index (χ4v) is 1.99. The van der Waals surface area contributed by atoms with E-state index in [1.165, 1.54) is 12.8 Å². The van der Waals surface area contributed by atoms with E-state index in [1.807, 2.05) is 26.0 Å². The van der Waals surface area contributed by atoms with Gasteiger partial charge >= 0.3 is 5.97 Å². The van der Waals surface area contributed by atoms with E-state index in [1.54, 1.807) is 14.0 Å². The standard InChI is InChI=1S/C19H34O3/c1-15(2)22-18(20)17(4)13-9-8-11-16(3)12-10-14-19(5,6)21-7/h8-9,13,15-16H,10-12,14H2,1-7H3. The molecule has 0 N–H and O–H groups in total. The molecule has 0 fully saturated rings. The van der Waals surface area contributed by atoms with Crippen molar-refractivity contribution in [3.8, 4) is 0 Å². The molecule has 3 heteroatoms. The minimum atomic E-state index is -0.241. The molecule has 0 bridgehead atoms. The number of allylic oxidation sites excluding steroid dienone is 3. The number of methoxy groups -OCH3 is 1. The molecule has 0 aliphatic carbocycles.